The normalized spacial score (nSPS) is 15.4. The number of pyridine rings is 1. The molecule has 46 heavy (non-hydrogen) atoms. The molecule has 0 radical (unpaired) electrons. The van der Waals surface area contributed by atoms with Crippen molar-refractivity contribution in [1.29, 1.82) is 10.5 Å². The third-order valence-electron chi connectivity index (χ3n) is 7.65. The average molecular weight is 648 g/mol. The number of nitrogens with zero attached hydrogens (tertiary/aromatic N) is 4. The maximum absolute atomic E-state index is 10.4. The Labute approximate surface area is 276 Å². The predicted octanol–water partition coefficient (Wildman–Crippen LogP) is 8.43. The number of anilines is 1. The number of thioether (sulfide) groups is 1. The molecule has 0 bridgehead atoms. The standard InChI is InChI=1S/C36H30ClN5O3S/c1-36(2)43-20-27(45-36)17-10-22-8-11-23(12-9-22)31-28(18-38)33(40)42-35(29(31)19-39)46-21-30-32(24-6-4-3-5-7-24)44-34(41-30)25-13-15-26(37)16-14-25/h3-9,11-16,27H,10,17,20-21H2,1-2H3,(H2,40,42)/t27-/m1/s1. The third kappa shape index (κ3) is 6.79. The lowest BCUT2D eigenvalue weighted by Crippen LogP contribution is -2.21. The molecule has 0 amide bonds. The minimum absolute atomic E-state index is 0.0408. The van der Waals surface area contributed by atoms with E-state index in [0.717, 1.165) is 29.5 Å². The number of aryl methyl sites for hydroxylation is 1. The summed E-state index contributed by atoms with van der Waals surface area (Å²) in [5, 5.41) is 21.4. The van der Waals surface area contributed by atoms with Crippen LogP contribution in [-0.2, 0) is 21.6 Å². The number of hydrogen-bond acceptors (Lipinski definition) is 9. The first kappa shape index (κ1) is 31.3. The number of halogens is 1. The molecule has 3 aromatic carbocycles. The maximum Gasteiger partial charge on any atom is 0.227 e. The molecule has 1 saturated heterocycles. The van der Waals surface area contributed by atoms with Crippen LogP contribution in [0.25, 0.3) is 33.9 Å². The van der Waals surface area contributed by atoms with Crippen molar-refractivity contribution < 1.29 is 13.9 Å². The number of hydrogen-bond donors (Lipinski definition) is 1. The number of aromatic nitrogens is 2. The Kier molecular flexibility index (Phi) is 9.12. The molecule has 10 heteroatoms. The second kappa shape index (κ2) is 13.4. The second-order valence-corrected chi connectivity index (χ2v) is 12.7. The topological polar surface area (TPSA) is 131 Å². The van der Waals surface area contributed by atoms with E-state index in [1.54, 1.807) is 12.1 Å². The smallest absolute Gasteiger partial charge is 0.227 e. The van der Waals surface area contributed by atoms with E-state index in [1.807, 2.05) is 80.6 Å². The highest BCUT2D eigenvalue weighted by Gasteiger charge is 2.32. The quantitative estimate of drug-likeness (QED) is 0.157. The van der Waals surface area contributed by atoms with Crippen LogP contribution in [0.3, 0.4) is 0 Å². The highest BCUT2D eigenvalue weighted by atomic mass is 35.5. The summed E-state index contributed by atoms with van der Waals surface area (Å²) in [5.74, 6) is 0.927. The first-order chi connectivity index (χ1) is 22.2. The summed E-state index contributed by atoms with van der Waals surface area (Å²) < 4.78 is 17.9. The van der Waals surface area contributed by atoms with Gasteiger partial charge < -0.3 is 19.6 Å². The number of benzene rings is 3. The molecule has 6 rings (SSSR count). The molecule has 230 valence electrons. The van der Waals surface area contributed by atoms with E-state index in [9.17, 15) is 10.5 Å². The molecule has 0 aliphatic carbocycles. The van der Waals surface area contributed by atoms with Gasteiger partial charge in [0.05, 0.1) is 24.0 Å². The largest absolute Gasteiger partial charge is 0.436 e. The Hall–Kier alpha value is -4.64. The van der Waals surface area contributed by atoms with E-state index in [1.165, 1.54) is 11.8 Å². The van der Waals surface area contributed by atoms with Crippen LogP contribution in [0.5, 0.6) is 0 Å². The summed E-state index contributed by atoms with van der Waals surface area (Å²) in [6.45, 7) is 4.41. The zero-order chi connectivity index (χ0) is 32.3. The molecule has 5 aromatic rings. The Morgan fingerprint density at radius 3 is 2.26 bits per heavy atom. The first-order valence-electron chi connectivity index (χ1n) is 14.7. The van der Waals surface area contributed by atoms with Gasteiger partial charge in [-0.25, -0.2) is 9.97 Å². The van der Waals surface area contributed by atoms with Crippen molar-refractivity contribution in [1.82, 2.24) is 9.97 Å². The van der Waals surface area contributed by atoms with Crippen LogP contribution in [0.4, 0.5) is 5.82 Å². The SMILES string of the molecule is CC1(C)OC[C@@H](CCc2ccc(-c3c(C#N)c(N)nc(SCc4nc(-c5ccc(Cl)cc5)oc4-c4ccccc4)c3C#N)cc2)O1. The van der Waals surface area contributed by atoms with Crippen molar-refractivity contribution >= 4 is 29.2 Å². The molecule has 0 unspecified atom stereocenters. The molecule has 1 fully saturated rings. The fourth-order valence-electron chi connectivity index (χ4n) is 5.38. The van der Waals surface area contributed by atoms with Gasteiger partial charge in [-0.2, -0.15) is 10.5 Å². The van der Waals surface area contributed by atoms with Crippen molar-refractivity contribution in [3.63, 3.8) is 0 Å². The summed E-state index contributed by atoms with van der Waals surface area (Å²) in [6, 6.07) is 29.3. The molecule has 2 aromatic heterocycles. The molecule has 1 aliphatic rings. The number of ether oxygens (including phenoxy) is 2. The summed E-state index contributed by atoms with van der Waals surface area (Å²) in [6.07, 6.45) is 1.67. The van der Waals surface area contributed by atoms with Crippen LogP contribution >= 0.6 is 23.4 Å². The highest BCUT2D eigenvalue weighted by molar-refractivity contribution is 7.98. The van der Waals surface area contributed by atoms with E-state index in [4.69, 9.17) is 36.2 Å². The summed E-state index contributed by atoms with van der Waals surface area (Å²) in [4.78, 5) is 9.31. The summed E-state index contributed by atoms with van der Waals surface area (Å²) >= 11 is 7.42. The molecule has 1 aliphatic heterocycles. The molecular formula is C36H30ClN5O3S. The predicted molar refractivity (Wildman–Crippen MR) is 179 cm³/mol. The summed E-state index contributed by atoms with van der Waals surface area (Å²) in [7, 11) is 0. The van der Waals surface area contributed by atoms with Gasteiger partial charge in [-0.15, -0.1) is 0 Å². The maximum atomic E-state index is 10.4. The van der Waals surface area contributed by atoms with Crippen LogP contribution < -0.4 is 5.73 Å². The zero-order valence-electron chi connectivity index (χ0n) is 25.3. The Balaban J connectivity index is 1.29. The fourth-order valence-corrected chi connectivity index (χ4v) is 6.43. The second-order valence-electron chi connectivity index (χ2n) is 11.3. The highest BCUT2D eigenvalue weighted by Crippen LogP contribution is 2.39. The van der Waals surface area contributed by atoms with Gasteiger partial charge in [0, 0.05) is 27.5 Å². The van der Waals surface area contributed by atoms with E-state index in [-0.39, 0.29) is 23.0 Å². The number of nitrogens with two attached hydrogens (primary N) is 1. The average Bonchev–Trinajstić information content (AvgIpc) is 3.66. The Bertz CT molecular complexity index is 1950. The van der Waals surface area contributed by atoms with Gasteiger partial charge in [0.1, 0.15) is 28.5 Å². The summed E-state index contributed by atoms with van der Waals surface area (Å²) in [5.41, 5.74) is 11.4. The van der Waals surface area contributed by atoms with Crippen LogP contribution in [0, 0.1) is 22.7 Å². The van der Waals surface area contributed by atoms with E-state index >= 15 is 0 Å². The lowest BCUT2D eigenvalue weighted by Gasteiger charge is -2.17. The van der Waals surface area contributed by atoms with Crippen molar-refractivity contribution in [2.45, 2.75) is 49.4 Å². The van der Waals surface area contributed by atoms with Crippen LogP contribution in [0.2, 0.25) is 5.02 Å². The van der Waals surface area contributed by atoms with Crippen molar-refractivity contribution in [3.05, 3.63) is 106 Å². The number of nitrogen functional groups attached to an aromatic ring is 1. The van der Waals surface area contributed by atoms with Crippen molar-refractivity contribution in [2.24, 2.45) is 0 Å². The molecule has 1 atom stereocenters. The number of rotatable bonds is 9. The number of oxazole rings is 1. The van der Waals surface area contributed by atoms with E-state index in [2.05, 4.69) is 17.1 Å². The van der Waals surface area contributed by atoms with Gasteiger partial charge >= 0.3 is 0 Å². The van der Waals surface area contributed by atoms with Crippen LogP contribution in [-0.4, -0.2) is 28.5 Å². The molecule has 0 saturated carbocycles. The lowest BCUT2D eigenvalue weighted by atomic mass is 9.95. The molecule has 8 nitrogen and oxygen atoms in total. The van der Waals surface area contributed by atoms with Gasteiger partial charge in [-0.3, -0.25) is 0 Å². The van der Waals surface area contributed by atoms with Gasteiger partial charge in [0.2, 0.25) is 5.89 Å². The zero-order valence-corrected chi connectivity index (χ0v) is 26.9. The van der Waals surface area contributed by atoms with Crippen LogP contribution in [0.1, 0.15) is 42.7 Å². The molecule has 2 N–H and O–H groups in total. The molecule has 3 heterocycles. The monoisotopic (exact) mass is 647 g/mol. The first-order valence-corrected chi connectivity index (χ1v) is 16.1. The number of nitriles is 2. The molecular weight excluding hydrogens is 618 g/mol. The fraction of sp³-hybridized carbons (Fsp3) is 0.222. The van der Waals surface area contributed by atoms with Gasteiger partial charge in [0.25, 0.3) is 0 Å². The minimum atomic E-state index is -0.553. The van der Waals surface area contributed by atoms with E-state index < -0.39 is 5.79 Å². The van der Waals surface area contributed by atoms with Crippen molar-refractivity contribution in [2.75, 3.05) is 12.3 Å². The van der Waals surface area contributed by atoms with Crippen molar-refractivity contribution in [3.8, 4) is 46.0 Å². The van der Waals surface area contributed by atoms with E-state index in [0.29, 0.717) is 50.9 Å². The van der Waals surface area contributed by atoms with Gasteiger partial charge in [0.15, 0.2) is 11.5 Å². The lowest BCUT2D eigenvalue weighted by molar-refractivity contribution is -0.138. The van der Waals surface area contributed by atoms with Gasteiger partial charge in [-0.05, 0) is 62.1 Å². The Morgan fingerprint density at radius 1 is 0.913 bits per heavy atom. The van der Waals surface area contributed by atoms with Crippen LogP contribution in [0.15, 0.2) is 88.3 Å². The minimum Gasteiger partial charge on any atom is -0.436 e. The Morgan fingerprint density at radius 2 is 1.61 bits per heavy atom. The third-order valence-corrected chi connectivity index (χ3v) is 8.89. The molecule has 0 spiro atoms. The van der Waals surface area contributed by atoms with Gasteiger partial charge in [-0.1, -0.05) is 78.0 Å².